The first kappa shape index (κ1) is 15.9. The predicted octanol–water partition coefficient (Wildman–Crippen LogP) is 0.814. The van der Waals surface area contributed by atoms with Crippen molar-refractivity contribution in [1.29, 1.82) is 0 Å². The maximum atomic E-state index is 11.7. The lowest BCUT2D eigenvalue weighted by atomic mass is 10.2. The number of carbonyl (C=O) groups excluding carboxylic acids is 1. The van der Waals surface area contributed by atoms with E-state index in [2.05, 4.69) is 5.32 Å². The lowest BCUT2D eigenvalue weighted by Crippen LogP contribution is -2.30. The number of benzene rings is 1. The van der Waals surface area contributed by atoms with Gasteiger partial charge in [-0.2, -0.15) is 0 Å². The molecule has 1 rings (SSSR count). The maximum Gasteiger partial charge on any atom is 0.332 e. The second-order valence-corrected chi connectivity index (χ2v) is 4.23. The van der Waals surface area contributed by atoms with Crippen LogP contribution < -0.4 is 5.32 Å². The van der Waals surface area contributed by atoms with E-state index in [-0.39, 0.29) is 29.2 Å². The third-order valence-electron chi connectivity index (χ3n) is 2.39. The summed E-state index contributed by atoms with van der Waals surface area (Å²) in [5.74, 6) is -2.08. The molecule has 9 heteroatoms. The average molecular weight is 303 g/mol. The van der Waals surface area contributed by atoms with Crippen molar-refractivity contribution in [3.63, 3.8) is 0 Å². The van der Waals surface area contributed by atoms with Crippen LogP contribution in [0.1, 0.15) is 16.8 Å². The van der Waals surface area contributed by atoms with Crippen molar-refractivity contribution in [3.05, 3.63) is 38.9 Å². The van der Waals surface area contributed by atoms with Crippen molar-refractivity contribution in [2.24, 2.45) is 0 Å². The first-order valence-corrected chi connectivity index (χ1v) is 5.83. The highest BCUT2D eigenvalue weighted by Crippen LogP contribution is 2.21. The van der Waals surface area contributed by atoms with E-state index >= 15 is 0 Å². The number of aliphatic carboxylic acids is 1. The van der Waals surface area contributed by atoms with Gasteiger partial charge < -0.3 is 15.5 Å². The van der Waals surface area contributed by atoms with E-state index in [1.54, 1.807) is 0 Å². The highest BCUT2D eigenvalue weighted by Gasteiger charge is 2.17. The molecule has 0 aliphatic rings. The molecule has 1 aromatic rings. The summed E-state index contributed by atoms with van der Waals surface area (Å²) in [6.07, 6.45) is -1.77. The quantitative estimate of drug-likeness (QED) is 0.526. The first-order chi connectivity index (χ1) is 9.32. The summed E-state index contributed by atoms with van der Waals surface area (Å²) in [6, 6.07) is 3.40. The molecule has 0 aliphatic carbocycles. The van der Waals surface area contributed by atoms with Gasteiger partial charge in [0.05, 0.1) is 15.5 Å². The van der Waals surface area contributed by atoms with Crippen LogP contribution in [-0.4, -0.2) is 39.7 Å². The van der Waals surface area contributed by atoms with Crippen molar-refractivity contribution in [3.8, 4) is 0 Å². The van der Waals surface area contributed by atoms with Gasteiger partial charge in [-0.3, -0.25) is 14.9 Å². The number of aliphatic hydroxyl groups is 1. The maximum absolute atomic E-state index is 11.7. The molecule has 0 bridgehead atoms. The molecule has 1 aromatic carbocycles. The van der Waals surface area contributed by atoms with Gasteiger partial charge >= 0.3 is 5.97 Å². The average Bonchev–Trinajstić information content (AvgIpc) is 2.38. The Morgan fingerprint density at radius 3 is 2.65 bits per heavy atom. The Morgan fingerprint density at radius 1 is 1.45 bits per heavy atom. The smallest absolute Gasteiger partial charge is 0.332 e. The van der Waals surface area contributed by atoms with Gasteiger partial charge in [0, 0.05) is 25.1 Å². The summed E-state index contributed by atoms with van der Waals surface area (Å²) in [7, 11) is 0. The summed E-state index contributed by atoms with van der Waals surface area (Å²) in [4.78, 5) is 32.0. The molecule has 0 heterocycles. The second-order valence-electron chi connectivity index (χ2n) is 3.82. The molecule has 20 heavy (non-hydrogen) atoms. The van der Waals surface area contributed by atoms with Gasteiger partial charge in [0.2, 0.25) is 0 Å². The summed E-state index contributed by atoms with van der Waals surface area (Å²) in [6.45, 7) is -0.106. The summed E-state index contributed by atoms with van der Waals surface area (Å²) >= 11 is 5.76. The number of nitro benzene ring substituents is 1. The Balaban J connectivity index is 2.70. The number of nitrogens with one attached hydrogen (secondary N) is 1. The molecule has 1 atom stereocenters. The van der Waals surface area contributed by atoms with E-state index in [9.17, 15) is 19.7 Å². The van der Waals surface area contributed by atoms with Crippen molar-refractivity contribution in [2.75, 3.05) is 6.54 Å². The number of halogens is 1. The molecular formula is C11H11ClN2O6. The van der Waals surface area contributed by atoms with Crippen LogP contribution in [0.15, 0.2) is 18.2 Å². The van der Waals surface area contributed by atoms with Gasteiger partial charge in [-0.25, -0.2) is 4.79 Å². The largest absolute Gasteiger partial charge is 0.479 e. The number of aliphatic hydroxyl groups excluding tert-OH is 1. The predicted molar refractivity (Wildman–Crippen MR) is 68.7 cm³/mol. The van der Waals surface area contributed by atoms with Gasteiger partial charge in [-0.1, -0.05) is 11.6 Å². The van der Waals surface area contributed by atoms with Crippen LogP contribution in [0.4, 0.5) is 5.69 Å². The van der Waals surface area contributed by atoms with Crippen LogP contribution in [0.2, 0.25) is 5.02 Å². The zero-order valence-electron chi connectivity index (χ0n) is 10.1. The second kappa shape index (κ2) is 6.83. The molecule has 108 valence electrons. The highest BCUT2D eigenvalue weighted by atomic mass is 35.5. The molecule has 8 nitrogen and oxygen atoms in total. The third-order valence-corrected chi connectivity index (χ3v) is 2.72. The number of nitrogens with zero attached hydrogens (tertiary/aromatic N) is 1. The summed E-state index contributed by atoms with van der Waals surface area (Å²) < 4.78 is 0. The number of rotatable bonds is 6. The number of hydrogen-bond donors (Lipinski definition) is 3. The zero-order chi connectivity index (χ0) is 15.3. The lowest BCUT2D eigenvalue weighted by Gasteiger charge is -2.08. The third kappa shape index (κ3) is 4.18. The van der Waals surface area contributed by atoms with E-state index in [1.807, 2.05) is 0 Å². The molecule has 0 aromatic heterocycles. The molecule has 0 saturated carbocycles. The van der Waals surface area contributed by atoms with Gasteiger partial charge in [-0.15, -0.1) is 0 Å². The van der Waals surface area contributed by atoms with Crippen molar-refractivity contribution in [1.82, 2.24) is 5.32 Å². The molecule has 0 spiro atoms. The number of carboxylic acid groups (broad SMARTS) is 1. The van der Waals surface area contributed by atoms with Crippen LogP contribution in [0.5, 0.6) is 0 Å². The van der Waals surface area contributed by atoms with E-state index in [0.717, 1.165) is 12.1 Å². The lowest BCUT2D eigenvalue weighted by molar-refractivity contribution is -0.384. The number of carbonyl (C=O) groups is 2. The van der Waals surface area contributed by atoms with Crippen LogP contribution >= 0.6 is 11.6 Å². The van der Waals surface area contributed by atoms with Crippen LogP contribution in [0.25, 0.3) is 0 Å². The van der Waals surface area contributed by atoms with E-state index in [1.165, 1.54) is 6.07 Å². The Hall–Kier alpha value is -2.19. The minimum absolute atomic E-state index is 0.0342. The van der Waals surface area contributed by atoms with Crippen molar-refractivity contribution >= 4 is 29.2 Å². The van der Waals surface area contributed by atoms with Crippen molar-refractivity contribution in [2.45, 2.75) is 12.5 Å². The fourth-order valence-electron chi connectivity index (χ4n) is 1.34. The molecule has 0 radical (unpaired) electrons. The fraction of sp³-hybridized carbons (Fsp3) is 0.273. The van der Waals surface area contributed by atoms with Gasteiger partial charge in [0.25, 0.3) is 11.6 Å². The molecular weight excluding hydrogens is 292 g/mol. The summed E-state index contributed by atoms with van der Waals surface area (Å²) in [5, 5.41) is 30.4. The van der Waals surface area contributed by atoms with Crippen LogP contribution in [-0.2, 0) is 4.79 Å². The van der Waals surface area contributed by atoms with E-state index in [4.69, 9.17) is 21.8 Å². The molecule has 3 N–H and O–H groups in total. The minimum atomic E-state index is -1.59. The zero-order valence-corrected chi connectivity index (χ0v) is 10.8. The van der Waals surface area contributed by atoms with Gasteiger partial charge in [-0.05, 0) is 6.07 Å². The molecule has 1 amide bonds. The number of amides is 1. The molecule has 0 unspecified atom stereocenters. The number of hydrogen-bond acceptors (Lipinski definition) is 5. The topological polar surface area (TPSA) is 130 Å². The van der Waals surface area contributed by atoms with E-state index < -0.39 is 22.9 Å². The van der Waals surface area contributed by atoms with Crippen LogP contribution in [0, 0.1) is 10.1 Å². The highest BCUT2D eigenvalue weighted by molar-refractivity contribution is 6.33. The first-order valence-electron chi connectivity index (χ1n) is 5.46. The summed E-state index contributed by atoms with van der Waals surface area (Å²) in [5.41, 5.74) is -0.379. The monoisotopic (exact) mass is 302 g/mol. The molecule has 0 aliphatic heterocycles. The molecule has 0 saturated heterocycles. The Morgan fingerprint density at radius 2 is 2.10 bits per heavy atom. The minimum Gasteiger partial charge on any atom is -0.479 e. The Bertz CT molecular complexity index is 548. The van der Waals surface area contributed by atoms with Gasteiger partial charge in [0.1, 0.15) is 0 Å². The normalized spacial score (nSPS) is 11.7. The SMILES string of the molecule is O=C(NCC[C@H](O)C(=O)O)c1cc([N+](=O)[O-])ccc1Cl. The Kier molecular flexibility index (Phi) is 5.42. The number of non-ortho nitro benzene ring substituents is 1. The van der Waals surface area contributed by atoms with Crippen LogP contribution in [0.3, 0.4) is 0 Å². The van der Waals surface area contributed by atoms with Crippen molar-refractivity contribution < 1.29 is 24.7 Å². The van der Waals surface area contributed by atoms with Gasteiger partial charge in [0.15, 0.2) is 6.10 Å². The fourth-order valence-corrected chi connectivity index (χ4v) is 1.55. The van der Waals surface area contributed by atoms with E-state index in [0.29, 0.717) is 0 Å². The molecule has 0 fully saturated rings. The number of nitro groups is 1. The number of carboxylic acids is 1. The standard InChI is InChI=1S/C11H11ClN2O6/c12-8-2-1-6(14(19)20)5-7(8)10(16)13-4-3-9(15)11(17)18/h1-2,5,9,15H,3-4H2,(H,13,16)(H,17,18)/t9-/m0/s1. The Labute approximate surface area is 118 Å².